The Morgan fingerprint density at radius 2 is 1.52 bits per heavy atom. The summed E-state index contributed by atoms with van der Waals surface area (Å²) in [5, 5.41) is 19.8. The number of nitriles is 2. The van der Waals surface area contributed by atoms with Crippen LogP contribution in [0.3, 0.4) is 0 Å². The van der Waals surface area contributed by atoms with Crippen molar-refractivity contribution in [3.05, 3.63) is 40.4 Å². The predicted molar refractivity (Wildman–Crippen MR) is 117 cm³/mol. The largest absolute Gasteiger partial charge is 0.491 e. The molecule has 0 amide bonds. The molecule has 0 heterocycles. The van der Waals surface area contributed by atoms with Gasteiger partial charge in [0.05, 0.1) is 18.1 Å². The summed E-state index contributed by atoms with van der Waals surface area (Å²) >= 11 is 8.00. The number of benzene rings is 2. The Morgan fingerprint density at radius 1 is 0.966 bits per heavy atom. The summed E-state index contributed by atoms with van der Waals surface area (Å²) in [6, 6.07) is 11.6. The van der Waals surface area contributed by atoms with Crippen LogP contribution in [-0.4, -0.2) is 13.2 Å². The zero-order valence-corrected chi connectivity index (χ0v) is 18.2. The summed E-state index contributed by atoms with van der Waals surface area (Å²) in [5.41, 5.74) is 6.93. The summed E-state index contributed by atoms with van der Waals surface area (Å²) in [4.78, 5) is 1.31. The molecule has 0 saturated heterocycles. The van der Waals surface area contributed by atoms with Gasteiger partial charge in [0.2, 0.25) is 0 Å². The van der Waals surface area contributed by atoms with Crippen molar-refractivity contribution >= 4 is 29.1 Å². The zero-order valence-electron chi connectivity index (χ0n) is 16.6. The first-order chi connectivity index (χ1) is 14.1. The maximum absolute atomic E-state index is 9.81. The van der Waals surface area contributed by atoms with Gasteiger partial charge in [0.1, 0.15) is 28.3 Å². The van der Waals surface area contributed by atoms with Crippen LogP contribution in [0.15, 0.2) is 34.1 Å². The van der Waals surface area contributed by atoms with Crippen LogP contribution in [0.25, 0.3) is 0 Å². The van der Waals surface area contributed by atoms with Crippen LogP contribution in [0.4, 0.5) is 5.69 Å². The fourth-order valence-corrected chi connectivity index (χ4v) is 3.89. The van der Waals surface area contributed by atoms with E-state index in [9.17, 15) is 10.5 Å². The number of nitrogens with zero attached hydrogens (tertiary/aromatic N) is 2. The minimum atomic E-state index is 0.102. The van der Waals surface area contributed by atoms with Crippen molar-refractivity contribution in [1.82, 2.24) is 0 Å². The molecule has 0 radical (unpaired) electrons. The lowest BCUT2D eigenvalue weighted by Crippen LogP contribution is -2.06. The molecule has 0 bridgehead atoms. The van der Waals surface area contributed by atoms with E-state index in [1.807, 2.05) is 32.0 Å². The van der Waals surface area contributed by atoms with Gasteiger partial charge in [-0.15, -0.1) is 0 Å². The van der Waals surface area contributed by atoms with Crippen LogP contribution in [-0.2, 0) is 0 Å². The molecule has 0 unspecified atom stereocenters. The van der Waals surface area contributed by atoms with Gasteiger partial charge in [0, 0.05) is 10.6 Å². The highest BCUT2D eigenvalue weighted by Gasteiger charge is 2.27. The highest BCUT2D eigenvalue weighted by Crippen LogP contribution is 2.49. The van der Waals surface area contributed by atoms with E-state index < -0.39 is 0 Å². The van der Waals surface area contributed by atoms with E-state index in [4.69, 9.17) is 26.8 Å². The summed E-state index contributed by atoms with van der Waals surface area (Å²) in [6.45, 7) is 4.91. The Morgan fingerprint density at radius 3 is 2.07 bits per heavy atom. The first kappa shape index (κ1) is 22.7. The molecule has 7 heteroatoms. The topological polar surface area (TPSA) is 92.1 Å². The number of nitrogens with two attached hydrogens (primary N) is 1. The zero-order chi connectivity index (χ0) is 21.2. The second-order valence-corrected chi connectivity index (χ2v) is 7.75. The van der Waals surface area contributed by atoms with Gasteiger partial charge >= 0.3 is 0 Å². The Balaban J connectivity index is 2.65. The van der Waals surface area contributed by atoms with Crippen LogP contribution in [0.2, 0.25) is 5.02 Å². The highest BCUT2D eigenvalue weighted by atomic mass is 35.5. The van der Waals surface area contributed by atoms with E-state index in [2.05, 4.69) is 12.1 Å². The van der Waals surface area contributed by atoms with Crippen LogP contribution in [0.5, 0.6) is 11.5 Å². The van der Waals surface area contributed by atoms with Crippen molar-refractivity contribution in [1.29, 1.82) is 10.5 Å². The molecule has 2 aromatic carbocycles. The SMILES string of the molecule is CCCCOc1c(Cl)c(Sc2ccccc2N)c(OCCCC)c(C#N)c1C#N. The Bertz CT molecular complexity index is 935. The van der Waals surface area contributed by atoms with E-state index in [-0.39, 0.29) is 21.9 Å². The lowest BCUT2D eigenvalue weighted by molar-refractivity contribution is 0.293. The fraction of sp³-hybridized carbons (Fsp3) is 0.364. The third-order valence-corrected chi connectivity index (χ3v) is 5.81. The minimum Gasteiger partial charge on any atom is -0.491 e. The van der Waals surface area contributed by atoms with Crippen molar-refractivity contribution in [3.8, 4) is 23.6 Å². The van der Waals surface area contributed by atoms with E-state index in [0.29, 0.717) is 29.5 Å². The van der Waals surface area contributed by atoms with E-state index in [0.717, 1.165) is 30.6 Å². The number of unbranched alkanes of at least 4 members (excludes halogenated alkanes) is 2. The van der Waals surface area contributed by atoms with Gasteiger partial charge in [0.15, 0.2) is 11.5 Å². The number of para-hydroxylation sites is 1. The van der Waals surface area contributed by atoms with Gasteiger partial charge < -0.3 is 15.2 Å². The van der Waals surface area contributed by atoms with Gasteiger partial charge in [-0.3, -0.25) is 0 Å². The lowest BCUT2D eigenvalue weighted by Gasteiger charge is -2.19. The normalized spacial score (nSPS) is 10.2. The average molecular weight is 430 g/mol. The smallest absolute Gasteiger partial charge is 0.158 e. The monoisotopic (exact) mass is 429 g/mol. The molecule has 0 saturated carbocycles. The maximum Gasteiger partial charge on any atom is 0.158 e. The molecule has 5 nitrogen and oxygen atoms in total. The second kappa shape index (κ2) is 11.5. The maximum atomic E-state index is 9.81. The van der Waals surface area contributed by atoms with Crippen LogP contribution in [0, 0.1) is 22.7 Å². The Labute approximate surface area is 181 Å². The minimum absolute atomic E-state index is 0.102. The van der Waals surface area contributed by atoms with Crippen molar-refractivity contribution in [2.75, 3.05) is 18.9 Å². The number of rotatable bonds is 10. The van der Waals surface area contributed by atoms with E-state index >= 15 is 0 Å². The third kappa shape index (κ3) is 5.50. The average Bonchev–Trinajstić information content (AvgIpc) is 2.73. The van der Waals surface area contributed by atoms with Gasteiger partial charge in [0.25, 0.3) is 0 Å². The van der Waals surface area contributed by atoms with Gasteiger partial charge in [-0.05, 0) is 25.0 Å². The molecule has 29 heavy (non-hydrogen) atoms. The highest BCUT2D eigenvalue weighted by molar-refractivity contribution is 7.99. The number of anilines is 1. The standard InChI is InChI=1S/C22H24ClN3O2S/c1-3-5-11-27-20-15(13-24)16(14-25)21(28-12-6-4-2)22(19(20)23)29-18-10-8-7-9-17(18)26/h7-10H,3-6,11-12,26H2,1-2H3. The molecular formula is C22H24ClN3O2S. The van der Waals surface area contributed by atoms with Gasteiger partial charge in [-0.1, -0.05) is 62.2 Å². The summed E-state index contributed by atoms with van der Waals surface area (Å²) in [7, 11) is 0. The molecule has 2 N–H and O–H groups in total. The van der Waals surface area contributed by atoms with Gasteiger partial charge in [-0.25, -0.2) is 0 Å². The van der Waals surface area contributed by atoms with Crippen LogP contribution >= 0.6 is 23.4 Å². The summed E-state index contributed by atoms with van der Waals surface area (Å²) in [6.07, 6.45) is 3.50. The molecule has 0 aliphatic carbocycles. The fourth-order valence-electron chi connectivity index (χ4n) is 2.55. The van der Waals surface area contributed by atoms with Crippen LogP contribution in [0.1, 0.15) is 50.7 Å². The molecule has 2 rings (SSSR count). The molecule has 0 spiro atoms. The van der Waals surface area contributed by atoms with Crippen molar-refractivity contribution < 1.29 is 9.47 Å². The number of ether oxygens (including phenoxy) is 2. The second-order valence-electron chi connectivity index (χ2n) is 6.32. The van der Waals surface area contributed by atoms with Crippen molar-refractivity contribution in [2.24, 2.45) is 0 Å². The Hall–Kier alpha value is -2.54. The number of nitrogen functional groups attached to an aromatic ring is 1. The van der Waals surface area contributed by atoms with Crippen molar-refractivity contribution in [3.63, 3.8) is 0 Å². The van der Waals surface area contributed by atoms with Gasteiger partial charge in [-0.2, -0.15) is 10.5 Å². The number of halogens is 1. The van der Waals surface area contributed by atoms with E-state index in [1.54, 1.807) is 6.07 Å². The lowest BCUT2D eigenvalue weighted by atomic mass is 10.1. The van der Waals surface area contributed by atoms with Crippen molar-refractivity contribution in [2.45, 2.75) is 49.3 Å². The molecule has 0 aliphatic heterocycles. The number of hydrogen-bond donors (Lipinski definition) is 1. The molecule has 0 fully saturated rings. The van der Waals surface area contributed by atoms with E-state index in [1.165, 1.54) is 11.8 Å². The number of hydrogen-bond acceptors (Lipinski definition) is 6. The quantitative estimate of drug-likeness (QED) is 0.358. The molecule has 0 aromatic heterocycles. The molecule has 2 aromatic rings. The van der Waals surface area contributed by atoms with Crippen LogP contribution < -0.4 is 15.2 Å². The molecular weight excluding hydrogens is 406 g/mol. The summed E-state index contributed by atoms with van der Waals surface area (Å²) in [5.74, 6) is 0.526. The molecule has 152 valence electrons. The molecule has 0 aliphatic rings. The third-order valence-electron chi connectivity index (χ3n) is 4.15. The first-order valence-corrected chi connectivity index (χ1v) is 10.8. The predicted octanol–water partition coefficient (Wildman–Crippen LogP) is 6.17. The summed E-state index contributed by atoms with van der Waals surface area (Å²) < 4.78 is 11.8. The first-order valence-electron chi connectivity index (χ1n) is 9.56. The Kier molecular flexibility index (Phi) is 8.99. The molecule has 0 atom stereocenters.